The van der Waals surface area contributed by atoms with Crippen molar-refractivity contribution in [2.24, 2.45) is 0 Å². The van der Waals surface area contributed by atoms with Crippen LogP contribution in [-0.2, 0) is 0 Å². The fourth-order valence-corrected chi connectivity index (χ4v) is 4.23. The second-order valence-corrected chi connectivity index (χ2v) is 7.78. The maximum absolute atomic E-state index is 11.1. The summed E-state index contributed by atoms with van der Waals surface area (Å²) in [5.41, 5.74) is 1.90. The van der Waals surface area contributed by atoms with Crippen molar-refractivity contribution >= 4 is 17.0 Å². The van der Waals surface area contributed by atoms with Gasteiger partial charge in [0, 0.05) is 63.2 Å². The SMILES string of the molecule is O=C(O)N1CCC(c2ncnc3cc(OCCCN4CCNCC4)ccc23)CC1. The highest BCUT2D eigenvalue weighted by molar-refractivity contribution is 5.82. The number of carboxylic acid groups (broad SMARTS) is 1. The lowest BCUT2D eigenvalue weighted by Gasteiger charge is -2.30. The largest absolute Gasteiger partial charge is 0.493 e. The lowest BCUT2D eigenvalue weighted by atomic mass is 9.91. The molecule has 0 radical (unpaired) electrons. The second-order valence-electron chi connectivity index (χ2n) is 7.78. The highest BCUT2D eigenvalue weighted by Gasteiger charge is 2.25. The monoisotopic (exact) mass is 399 g/mol. The van der Waals surface area contributed by atoms with E-state index in [4.69, 9.17) is 9.84 Å². The standard InChI is InChI=1S/C21H29N5O3/c27-21(28)26-9-4-16(5-10-26)20-18-3-2-17(14-19(18)23-15-24-20)29-13-1-8-25-11-6-22-7-12-25/h2-3,14-16,22H,1,4-13H2,(H,27,28). The molecule has 1 aromatic heterocycles. The van der Waals surface area contributed by atoms with Gasteiger partial charge >= 0.3 is 6.09 Å². The van der Waals surface area contributed by atoms with Crippen LogP contribution in [0.2, 0.25) is 0 Å². The highest BCUT2D eigenvalue weighted by atomic mass is 16.5. The number of hydrogen-bond acceptors (Lipinski definition) is 6. The lowest BCUT2D eigenvalue weighted by molar-refractivity contribution is 0.132. The number of hydrogen-bond donors (Lipinski definition) is 2. The molecule has 2 aliphatic heterocycles. The van der Waals surface area contributed by atoms with Crippen molar-refractivity contribution in [2.75, 3.05) is 52.4 Å². The zero-order valence-electron chi connectivity index (χ0n) is 16.7. The van der Waals surface area contributed by atoms with Crippen LogP contribution in [0.3, 0.4) is 0 Å². The molecular formula is C21H29N5O3. The van der Waals surface area contributed by atoms with Crippen LogP contribution in [-0.4, -0.2) is 83.4 Å². The van der Waals surface area contributed by atoms with E-state index >= 15 is 0 Å². The first-order chi connectivity index (χ1) is 14.2. The predicted octanol–water partition coefficient (Wildman–Crippen LogP) is 2.16. The van der Waals surface area contributed by atoms with Crippen LogP contribution < -0.4 is 10.1 Å². The van der Waals surface area contributed by atoms with Crippen molar-refractivity contribution in [3.8, 4) is 5.75 Å². The summed E-state index contributed by atoms with van der Waals surface area (Å²) in [6.07, 6.45) is 3.37. The summed E-state index contributed by atoms with van der Waals surface area (Å²) in [5, 5.41) is 13.5. The van der Waals surface area contributed by atoms with Crippen LogP contribution in [0.1, 0.15) is 30.9 Å². The number of fused-ring (bicyclic) bond motifs is 1. The van der Waals surface area contributed by atoms with Crippen molar-refractivity contribution < 1.29 is 14.6 Å². The number of aromatic nitrogens is 2. The maximum Gasteiger partial charge on any atom is 0.407 e. The van der Waals surface area contributed by atoms with E-state index in [0.29, 0.717) is 19.7 Å². The molecule has 2 aliphatic rings. The van der Waals surface area contributed by atoms with Gasteiger partial charge < -0.3 is 25.0 Å². The third-order valence-electron chi connectivity index (χ3n) is 5.89. The van der Waals surface area contributed by atoms with Crippen LogP contribution in [0.4, 0.5) is 4.79 Å². The average Bonchev–Trinajstić information content (AvgIpc) is 2.77. The molecule has 3 heterocycles. The zero-order valence-corrected chi connectivity index (χ0v) is 16.7. The summed E-state index contributed by atoms with van der Waals surface area (Å²) in [6.45, 7) is 7.24. The van der Waals surface area contributed by atoms with Crippen LogP contribution in [0.15, 0.2) is 24.5 Å². The summed E-state index contributed by atoms with van der Waals surface area (Å²) in [5.74, 6) is 1.10. The minimum atomic E-state index is -0.838. The van der Waals surface area contributed by atoms with Gasteiger partial charge in [-0.1, -0.05) is 0 Å². The van der Waals surface area contributed by atoms with Crippen molar-refractivity contribution in [1.29, 1.82) is 0 Å². The van der Waals surface area contributed by atoms with Gasteiger partial charge in [0.1, 0.15) is 12.1 Å². The minimum Gasteiger partial charge on any atom is -0.493 e. The van der Waals surface area contributed by atoms with E-state index in [1.807, 2.05) is 18.2 Å². The Balaban J connectivity index is 1.35. The molecule has 0 spiro atoms. The number of piperidine rings is 1. The number of amides is 1. The molecule has 8 heteroatoms. The topological polar surface area (TPSA) is 90.8 Å². The number of likely N-dealkylation sites (tertiary alicyclic amines) is 1. The first kappa shape index (κ1) is 19.8. The molecule has 2 saturated heterocycles. The van der Waals surface area contributed by atoms with Gasteiger partial charge in [0.25, 0.3) is 0 Å². The first-order valence-electron chi connectivity index (χ1n) is 10.5. The van der Waals surface area contributed by atoms with E-state index < -0.39 is 6.09 Å². The van der Waals surface area contributed by atoms with Crippen molar-refractivity contribution in [3.63, 3.8) is 0 Å². The number of nitrogens with one attached hydrogen (secondary N) is 1. The summed E-state index contributed by atoms with van der Waals surface area (Å²) >= 11 is 0. The molecule has 0 aliphatic carbocycles. The quantitative estimate of drug-likeness (QED) is 0.719. The molecule has 2 fully saturated rings. The smallest absolute Gasteiger partial charge is 0.407 e. The number of carbonyl (C=O) groups is 1. The average molecular weight is 399 g/mol. The van der Waals surface area contributed by atoms with Crippen LogP contribution in [0.25, 0.3) is 10.9 Å². The zero-order chi connectivity index (χ0) is 20.1. The number of rotatable bonds is 6. The van der Waals surface area contributed by atoms with Crippen molar-refractivity contribution in [2.45, 2.75) is 25.2 Å². The van der Waals surface area contributed by atoms with Gasteiger partial charge in [-0.25, -0.2) is 14.8 Å². The molecule has 8 nitrogen and oxygen atoms in total. The Kier molecular flexibility index (Phi) is 6.41. The number of nitrogens with zero attached hydrogens (tertiary/aromatic N) is 4. The van der Waals surface area contributed by atoms with E-state index in [2.05, 4.69) is 20.2 Å². The molecule has 29 heavy (non-hydrogen) atoms. The normalized spacial score (nSPS) is 18.8. The maximum atomic E-state index is 11.1. The Morgan fingerprint density at radius 3 is 2.72 bits per heavy atom. The Bertz CT molecular complexity index is 832. The van der Waals surface area contributed by atoms with Gasteiger partial charge in [-0.05, 0) is 31.4 Å². The Morgan fingerprint density at radius 1 is 1.17 bits per heavy atom. The number of piperazine rings is 1. The highest BCUT2D eigenvalue weighted by Crippen LogP contribution is 2.32. The van der Waals surface area contributed by atoms with E-state index in [1.54, 1.807) is 6.33 Å². The second kappa shape index (κ2) is 9.37. The third-order valence-corrected chi connectivity index (χ3v) is 5.89. The lowest BCUT2D eigenvalue weighted by Crippen LogP contribution is -2.43. The fourth-order valence-electron chi connectivity index (χ4n) is 4.23. The Labute approximate surface area is 170 Å². The summed E-state index contributed by atoms with van der Waals surface area (Å²) in [7, 11) is 0. The van der Waals surface area contributed by atoms with Gasteiger partial charge in [0.05, 0.1) is 17.8 Å². The Hall–Kier alpha value is -2.45. The molecule has 1 amide bonds. The molecule has 1 aromatic carbocycles. The van der Waals surface area contributed by atoms with Crippen LogP contribution in [0, 0.1) is 0 Å². The van der Waals surface area contributed by atoms with E-state index in [-0.39, 0.29) is 5.92 Å². The molecule has 2 aromatic rings. The summed E-state index contributed by atoms with van der Waals surface area (Å²) in [4.78, 5) is 24.0. The van der Waals surface area contributed by atoms with Gasteiger partial charge in [0.15, 0.2) is 0 Å². The number of benzene rings is 1. The van der Waals surface area contributed by atoms with Crippen LogP contribution in [0.5, 0.6) is 5.75 Å². The van der Waals surface area contributed by atoms with Crippen LogP contribution >= 0.6 is 0 Å². The molecule has 0 bridgehead atoms. The van der Waals surface area contributed by atoms with Gasteiger partial charge in [0.2, 0.25) is 0 Å². The number of ether oxygens (including phenoxy) is 1. The van der Waals surface area contributed by atoms with E-state index in [1.165, 1.54) is 4.90 Å². The molecule has 0 atom stereocenters. The third kappa shape index (κ3) is 4.94. The molecule has 0 saturated carbocycles. The molecule has 4 rings (SSSR count). The minimum absolute atomic E-state index is 0.266. The summed E-state index contributed by atoms with van der Waals surface area (Å²) < 4.78 is 5.96. The summed E-state index contributed by atoms with van der Waals surface area (Å²) in [6, 6.07) is 6.02. The van der Waals surface area contributed by atoms with Gasteiger partial charge in [-0.3, -0.25) is 0 Å². The van der Waals surface area contributed by atoms with Gasteiger partial charge in [-0.15, -0.1) is 0 Å². The molecule has 0 unspecified atom stereocenters. The fraction of sp³-hybridized carbons (Fsp3) is 0.571. The predicted molar refractivity (Wildman–Crippen MR) is 111 cm³/mol. The Morgan fingerprint density at radius 2 is 1.97 bits per heavy atom. The van der Waals surface area contributed by atoms with Crippen molar-refractivity contribution in [1.82, 2.24) is 25.1 Å². The van der Waals surface area contributed by atoms with E-state index in [0.717, 1.165) is 74.3 Å². The van der Waals surface area contributed by atoms with Gasteiger partial charge in [-0.2, -0.15) is 0 Å². The molecular weight excluding hydrogens is 370 g/mol. The van der Waals surface area contributed by atoms with Crippen molar-refractivity contribution in [3.05, 3.63) is 30.2 Å². The van der Waals surface area contributed by atoms with E-state index in [9.17, 15) is 4.79 Å². The first-order valence-corrected chi connectivity index (χ1v) is 10.5. The molecule has 2 N–H and O–H groups in total. The molecule has 156 valence electrons.